The Balaban J connectivity index is 1.58. The molecule has 158 valence electrons. The van der Waals surface area contributed by atoms with Crippen LogP contribution in [0.2, 0.25) is 0 Å². The molecule has 9 nitrogen and oxygen atoms in total. The van der Waals surface area contributed by atoms with Gasteiger partial charge in [0.15, 0.2) is 5.65 Å². The molecule has 3 N–H and O–H groups in total. The predicted molar refractivity (Wildman–Crippen MR) is 118 cm³/mol. The standard InChI is InChI=1S/C22H23N7O2/c1-27-7-6-12-10-28(11-13(12)9-27)22-24-8-14-18(30)17(19(23)31)21-25-15-4-2-3-5-16(15)29(21)20(14)26-22/h2-5,8,12-13,25H,6-7,9-11H2,1H3,(H2,23,31). The predicted octanol–water partition coefficient (Wildman–Crippen LogP) is 1.21. The van der Waals surface area contributed by atoms with Gasteiger partial charge < -0.3 is 20.5 Å². The van der Waals surface area contributed by atoms with E-state index in [1.807, 2.05) is 28.7 Å². The van der Waals surface area contributed by atoms with Crippen molar-refractivity contribution in [1.82, 2.24) is 24.3 Å². The summed E-state index contributed by atoms with van der Waals surface area (Å²) in [5.41, 5.74) is 7.53. The average Bonchev–Trinajstić information content (AvgIpc) is 3.34. The zero-order chi connectivity index (χ0) is 21.3. The van der Waals surface area contributed by atoms with Crippen molar-refractivity contribution >= 4 is 39.6 Å². The Morgan fingerprint density at radius 3 is 2.84 bits per heavy atom. The number of aromatic amines is 1. The second-order valence-corrected chi connectivity index (χ2v) is 8.78. The molecular weight excluding hydrogens is 394 g/mol. The van der Waals surface area contributed by atoms with Gasteiger partial charge in [0.1, 0.15) is 11.2 Å². The molecule has 2 saturated heterocycles. The molecule has 1 amide bonds. The molecule has 5 heterocycles. The number of aromatic nitrogens is 4. The fourth-order valence-corrected chi connectivity index (χ4v) is 5.30. The van der Waals surface area contributed by atoms with E-state index in [0.29, 0.717) is 29.1 Å². The minimum atomic E-state index is -0.771. The lowest BCUT2D eigenvalue weighted by atomic mass is 9.89. The maximum Gasteiger partial charge on any atom is 0.256 e. The normalized spacial score (nSPS) is 21.9. The number of H-pyrrole nitrogens is 1. The first-order valence-electron chi connectivity index (χ1n) is 10.6. The molecule has 1 aromatic carbocycles. The number of nitrogens with zero attached hydrogens (tertiary/aromatic N) is 5. The lowest BCUT2D eigenvalue weighted by Crippen LogP contribution is -2.37. The summed E-state index contributed by atoms with van der Waals surface area (Å²) in [6.45, 7) is 4.04. The third-order valence-electron chi connectivity index (χ3n) is 6.83. The number of fused-ring (bicyclic) bond motifs is 6. The van der Waals surface area contributed by atoms with Crippen molar-refractivity contribution in [3.8, 4) is 0 Å². The fourth-order valence-electron chi connectivity index (χ4n) is 5.30. The van der Waals surface area contributed by atoms with E-state index in [1.54, 1.807) is 0 Å². The van der Waals surface area contributed by atoms with Crippen LogP contribution in [0, 0.1) is 11.8 Å². The van der Waals surface area contributed by atoms with Crippen LogP contribution < -0.4 is 16.1 Å². The van der Waals surface area contributed by atoms with E-state index in [4.69, 9.17) is 10.7 Å². The highest BCUT2D eigenvalue weighted by molar-refractivity contribution is 6.04. The summed E-state index contributed by atoms with van der Waals surface area (Å²) >= 11 is 0. The maximum atomic E-state index is 13.1. The quantitative estimate of drug-likeness (QED) is 0.507. The molecule has 0 bridgehead atoms. The van der Waals surface area contributed by atoms with E-state index in [0.717, 1.165) is 37.2 Å². The highest BCUT2D eigenvalue weighted by atomic mass is 16.2. The number of hydrogen-bond donors (Lipinski definition) is 2. The van der Waals surface area contributed by atoms with Gasteiger partial charge in [-0.2, -0.15) is 4.98 Å². The molecule has 0 radical (unpaired) electrons. The number of nitrogens with two attached hydrogens (primary N) is 1. The summed E-state index contributed by atoms with van der Waals surface area (Å²) in [7, 11) is 2.17. The molecule has 0 saturated carbocycles. The van der Waals surface area contributed by atoms with Crippen LogP contribution >= 0.6 is 0 Å². The number of likely N-dealkylation sites (tertiary alicyclic amines) is 1. The number of para-hydroxylation sites is 2. The van der Waals surface area contributed by atoms with Crippen LogP contribution in [-0.2, 0) is 0 Å². The van der Waals surface area contributed by atoms with Crippen molar-refractivity contribution in [2.75, 3.05) is 38.1 Å². The Morgan fingerprint density at radius 1 is 1.19 bits per heavy atom. The van der Waals surface area contributed by atoms with E-state index in [2.05, 4.69) is 26.8 Å². The molecule has 2 aliphatic heterocycles. The molecule has 0 aliphatic carbocycles. The van der Waals surface area contributed by atoms with Gasteiger partial charge in [0.2, 0.25) is 11.4 Å². The lowest BCUT2D eigenvalue weighted by molar-refractivity contribution is 0.100. The second-order valence-electron chi connectivity index (χ2n) is 8.78. The number of carbonyl (C=O) groups is 1. The summed E-state index contributed by atoms with van der Waals surface area (Å²) in [5.74, 6) is 1.09. The van der Waals surface area contributed by atoms with Gasteiger partial charge in [0.25, 0.3) is 5.91 Å². The third kappa shape index (κ3) is 2.66. The number of imidazole rings is 1. The molecule has 2 unspecified atom stereocenters. The van der Waals surface area contributed by atoms with Crippen LogP contribution in [-0.4, -0.2) is 63.4 Å². The van der Waals surface area contributed by atoms with Crippen molar-refractivity contribution in [2.45, 2.75) is 6.42 Å². The minimum absolute atomic E-state index is 0.0738. The summed E-state index contributed by atoms with van der Waals surface area (Å²) in [6.07, 6.45) is 2.72. The smallest absolute Gasteiger partial charge is 0.256 e. The monoisotopic (exact) mass is 417 g/mol. The van der Waals surface area contributed by atoms with Gasteiger partial charge in [0.05, 0.1) is 16.4 Å². The van der Waals surface area contributed by atoms with Crippen LogP contribution in [0.4, 0.5) is 5.95 Å². The Bertz CT molecular complexity index is 1420. The number of hydrogen-bond acceptors (Lipinski definition) is 6. The van der Waals surface area contributed by atoms with Gasteiger partial charge >= 0.3 is 0 Å². The number of primary amides is 1. The van der Waals surface area contributed by atoms with Gasteiger partial charge in [-0.05, 0) is 44.0 Å². The summed E-state index contributed by atoms with van der Waals surface area (Å²) < 4.78 is 1.81. The lowest BCUT2D eigenvalue weighted by Gasteiger charge is -2.31. The molecule has 2 fully saturated rings. The van der Waals surface area contributed by atoms with Crippen LogP contribution in [0.25, 0.3) is 27.7 Å². The number of benzene rings is 1. The number of rotatable bonds is 2. The molecule has 4 aromatic rings. The highest BCUT2D eigenvalue weighted by Gasteiger charge is 2.37. The van der Waals surface area contributed by atoms with Gasteiger partial charge in [-0.25, -0.2) is 4.98 Å². The van der Waals surface area contributed by atoms with Crippen molar-refractivity contribution in [3.05, 3.63) is 46.2 Å². The topological polar surface area (TPSA) is 113 Å². The first-order valence-corrected chi connectivity index (χ1v) is 10.6. The molecule has 2 aliphatic rings. The molecule has 6 rings (SSSR count). The summed E-state index contributed by atoms with van der Waals surface area (Å²) in [5, 5.41) is 0.288. The van der Waals surface area contributed by atoms with Gasteiger partial charge in [0, 0.05) is 25.8 Å². The van der Waals surface area contributed by atoms with Crippen LogP contribution in [0.1, 0.15) is 16.8 Å². The Morgan fingerprint density at radius 2 is 2.00 bits per heavy atom. The third-order valence-corrected chi connectivity index (χ3v) is 6.83. The number of nitrogens with one attached hydrogen (secondary N) is 1. The SMILES string of the molecule is CN1CCC2CN(c3ncc4c(=O)c(C(N)=O)c5[nH]c6ccccc6n5c4n3)CC2C1. The number of piperidine rings is 1. The first-order chi connectivity index (χ1) is 15.0. The van der Waals surface area contributed by atoms with Gasteiger partial charge in [-0.15, -0.1) is 0 Å². The molecule has 9 heteroatoms. The minimum Gasteiger partial charge on any atom is -0.365 e. The molecular formula is C22H23N7O2. The molecule has 3 aromatic heterocycles. The van der Waals surface area contributed by atoms with Crippen molar-refractivity contribution in [3.63, 3.8) is 0 Å². The second kappa shape index (κ2) is 6.52. The maximum absolute atomic E-state index is 13.1. The van der Waals surface area contributed by atoms with Crippen LogP contribution in [0.3, 0.4) is 0 Å². The summed E-state index contributed by atoms with van der Waals surface area (Å²) in [4.78, 5) is 42.4. The Hall–Kier alpha value is -3.46. The van der Waals surface area contributed by atoms with Crippen LogP contribution in [0.15, 0.2) is 35.3 Å². The van der Waals surface area contributed by atoms with Gasteiger partial charge in [-0.1, -0.05) is 12.1 Å². The Kier molecular flexibility index (Phi) is 3.85. The van der Waals surface area contributed by atoms with Crippen molar-refractivity contribution < 1.29 is 4.79 Å². The number of anilines is 1. The molecule has 0 spiro atoms. The van der Waals surface area contributed by atoms with E-state index in [1.165, 1.54) is 12.6 Å². The largest absolute Gasteiger partial charge is 0.365 e. The van der Waals surface area contributed by atoms with E-state index in [-0.39, 0.29) is 10.9 Å². The molecule has 31 heavy (non-hydrogen) atoms. The van der Waals surface area contributed by atoms with Crippen molar-refractivity contribution in [1.29, 1.82) is 0 Å². The van der Waals surface area contributed by atoms with Crippen LogP contribution in [0.5, 0.6) is 0 Å². The Labute approximate surface area is 177 Å². The van der Waals surface area contributed by atoms with Gasteiger partial charge in [-0.3, -0.25) is 14.0 Å². The summed E-state index contributed by atoms with van der Waals surface area (Å²) in [6, 6.07) is 7.63. The first kappa shape index (κ1) is 18.3. The number of amides is 1. The van der Waals surface area contributed by atoms with E-state index < -0.39 is 11.3 Å². The van der Waals surface area contributed by atoms with E-state index in [9.17, 15) is 9.59 Å². The zero-order valence-electron chi connectivity index (χ0n) is 17.2. The zero-order valence-corrected chi connectivity index (χ0v) is 17.2. The molecule has 2 atom stereocenters. The van der Waals surface area contributed by atoms with Crippen molar-refractivity contribution in [2.24, 2.45) is 17.6 Å². The fraction of sp³-hybridized carbons (Fsp3) is 0.364. The average molecular weight is 417 g/mol. The number of carbonyl (C=O) groups excluding carboxylic acids is 1. The number of pyridine rings is 1. The van der Waals surface area contributed by atoms with E-state index >= 15 is 0 Å². The highest BCUT2D eigenvalue weighted by Crippen LogP contribution is 2.33.